The van der Waals surface area contributed by atoms with Gasteiger partial charge >= 0.3 is 0 Å². The van der Waals surface area contributed by atoms with Crippen LogP contribution in [0.1, 0.15) is 33.6 Å². The highest BCUT2D eigenvalue weighted by atomic mass is 32.2. The second-order valence-corrected chi connectivity index (χ2v) is 7.24. The van der Waals surface area contributed by atoms with Crippen molar-refractivity contribution >= 4 is 9.84 Å². The summed E-state index contributed by atoms with van der Waals surface area (Å²) in [6.07, 6.45) is 2.48. The van der Waals surface area contributed by atoms with E-state index in [1.54, 1.807) is 6.92 Å². The number of nitrogens with zero attached hydrogens (tertiary/aromatic N) is 1. The first-order valence-corrected chi connectivity index (χ1v) is 7.71. The van der Waals surface area contributed by atoms with Gasteiger partial charge in [0.2, 0.25) is 0 Å². The summed E-state index contributed by atoms with van der Waals surface area (Å²) >= 11 is 0. The third kappa shape index (κ3) is 4.11. The molecule has 0 N–H and O–H groups in total. The molecule has 90 valence electrons. The number of rotatable bonds is 4. The molecule has 0 aromatic carbocycles. The van der Waals surface area contributed by atoms with Crippen LogP contribution in [0, 0.1) is 5.92 Å². The highest BCUT2D eigenvalue weighted by Crippen LogP contribution is 2.20. The fraction of sp³-hybridized carbons (Fsp3) is 1.00. The summed E-state index contributed by atoms with van der Waals surface area (Å²) in [6, 6.07) is 0.549. The quantitative estimate of drug-likeness (QED) is 0.739. The van der Waals surface area contributed by atoms with E-state index in [1.807, 2.05) is 0 Å². The van der Waals surface area contributed by atoms with Crippen LogP contribution in [0.5, 0.6) is 0 Å². The first kappa shape index (κ1) is 13.0. The van der Waals surface area contributed by atoms with Crippen LogP contribution in [0.4, 0.5) is 0 Å². The number of hydrogen-bond acceptors (Lipinski definition) is 3. The standard InChI is InChI=1S/C11H23NO2S/c1-4-15(13,14)8-7-12-9-10(2)5-6-11(12)3/h10-11H,4-9H2,1-3H3/t10-,11-/m1/s1. The summed E-state index contributed by atoms with van der Waals surface area (Å²) in [4.78, 5) is 2.32. The molecule has 1 heterocycles. The van der Waals surface area contributed by atoms with Crippen LogP contribution in [-0.2, 0) is 9.84 Å². The van der Waals surface area contributed by atoms with Gasteiger partial charge in [0.25, 0.3) is 0 Å². The maximum Gasteiger partial charge on any atom is 0.151 e. The molecular formula is C11H23NO2S. The van der Waals surface area contributed by atoms with E-state index in [0.717, 1.165) is 6.54 Å². The first-order chi connectivity index (χ1) is 6.94. The molecule has 3 nitrogen and oxygen atoms in total. The molecular weight excluding hydrogens is 210 g/mol. The van der Waals surface area contributed by atoms with Crippen molar-refractivity contribution in [2.75, 3.05) is 24.6 Å². The summed E-state index contributed by atoms with van der Waals surface area (Å²) in [5, 5.41) is 0. The average molecular weight is 233 g/mol. The van der Waals surface area contributed by atoms with Crippen molar-refractivity contribution in [2.24, 2.45) is 5.92 Å². The van der Waals surface area contributed by atoms with Crippen molar-refractivity contribution < 1.29 is 8.42 Å². The van der Waals surface area contributed by atoms with Crippen LogP contribution in [0.15, 0.2) is 0 Å². The Morgan fingerprint density at radius 3 is 2.53 bits per heavy atom. The molecule has 1 fully saturated rings. The zero-order valence-corrected chi connectivity index (χ0v) is 10.9. The van der Waals surface area contributed by atoms with Crippen molar-refractivity contribution in [1.82, 2.24) is 4.90 Å². The zero-order valence-electron chi connectivity index (χ0n) is 10.1. The Hall–Kier alpha value is -0.0900. The summed E-state index contributed by atoms with van der Waals surface area (Å²) in [5.74, 6) is 1.30. The van der Waals surface area contributed by atoms with Gasteiger partial charge in [-0.1, -0.05) is 13.8 Å². The number of likely N-dealkylation sites (tertiary alicyclic amines) is 1. The second-order valence-electron chi connectivity index (χ2n) is 4.76. The Kier molecular flexibility index (Phi) is 4.59. The van der Waals surface area contributed by atoms with Crippen molar-refractivity contribution in [3.05, 3.63) is 0 Å². The van der Waals surface area contributed by atoms with Gasteiger partial charge in [0.1, 0.15) is 0 Å². The van der Waals surface area contributed by atoms with Gasteiger partial charge in [0.15, 0.2) is 9.84 Å². The molecule has 1 aliphatic heterocycles. The number of sulfone groups is 1. The minimum atomic E-state index is -2.80. The molecule has 2 atom stereocenters. The van der Waals surface area contributed by atoms with E-state index in [0.29, 0.717) is 24.3 Å². The monoisotopic (exact) mass is 233 g/mol. The minimum absolute atomic E-state index is 0.269. The first-order valence-electron chi connectivity index (χ1n) is 5.89. The van der Waals surface area contributed by atoms with E-state index in [-0.39, 0.29) is 5.75 Å². The largest absolute Gasteiger partial charge is 0.299 e. The van der Waals surface area contributed by atoms with Gasteiger partial charge in [0, 0.05) is 24.9 Å². The van der Waals surface area contributed by atoms with E-state index in [4.69, 9.17) is 0 Å². The topological polar surface area (TPSA) is 37.4 Å². The lowest BCUT2D eigenvalue weighted by molar-refractivity contribution is 0.133. The molecule has 0 saturated carbocycles. The van der Waals surface area contributed by atoms with Crippen LogP contribution in [0.25, 0.3) is 0 Å². The molecule has 0 aromatic rings. The Morgan fingerprint density at radius 2 is 1.93 bits per heavy atom. The molecule has 1 saturated heterocycles. The molecule has 1 aliphatic rings. The van der Waals surface area contributed by atoms with E-state index >= 15 is 0 Å². The predicted molar refractivity (Wildman–Crippen MR) is 63.8 cm³/mol. The zero-order chi connectivity index (χ0) is 11.5. The molecule has 0 spiro atoms. The minimum Gasteiger partial charge on any atom is -0.299 e. The highest BCUT2D eigenvalue weighted by molar-refractivity contribution is 7.91. The van der Waals surface area contributed by atoms with Crippen LogP contribution >= 0.6 is 0 Å². The van der Waals surface area contributed by atoms with Gasteiger partial charge in [-0.2, -0.15) is 0 Å². The van der Waals surface area contributed by atoms with Gasteiger partial charge in [-0.05, 0) is 25.7 Å². The maximum atomic E-state index is 11.4. The summed E-state index contributed by atoms with van der Waals surface area (Å²) < 4.78 is 22.8. The van der Waals surface area contributed by atoms with Gasteiger partial charge in [0.05, 0.1) is 5.75 Å². The fourth-order valence-corrected chi connectivity index (χ4v) is 2.89. The van der Waals surface area contributed by atoms with Gasteiger partial charge in [-0.3, -0.25) is 4.90 Å². The third-order valence-electron chi connectivity index (χ3n) is 3.38. The lowest BCUT2D eigenvalue weighted by Gasteiger charge is -2.36. The summed E-state index contributed by atoms with van der Waals surface area (Å²) in [5.41, 5.74) is 0. The lowest BCUT2D eigenvalue weighted by atomic mass is 9.95. The predicted octanol–water partition coefficient (Wildman–Crippen LogP) is 1.54. The van der Waals surface area contributed by atoms with Crippen LogP contribution < -0.4 is 0 Å². The van der Waals surface area contributed by atoms with Crippen molar-refractivity contribution in [2.45, 2.75) is 39.7 Å². The average Bonchev–Trinajstić information content (AvgIpc) is 2.20. The second kappa shape index (κ2) is 5.30. The van der Waals surface area contributed by atoms with Crippen molar-refractivity contribution in [3.8, 4) is 0 Å². The van der Waals surface area contributed by atoms with Gasteiger partial charge in [-0.25, -0.2) is 8.42 Å². The maximum absolute atomic E-state index is 11.4. The Labute approximate surface area is 93.8 Å². The number of hydrogen-bond donors (Lipinski definition) is 0. The normalized spacial score (nSPS) is 29.3. The molecule has 0 unspecified atom stereocenters. The Morgan fingerprint density at radius 1 is 1.27 bits per heavy atom. The SMILES string of the molecule is CCS(=O)(=O)CCN1C[C@H](C)CC[C@H]1C. The van der Waals surface area contributed by atoms with Crippen LogP contribution in [-0.4, -0.2) is 44.0 Å². The molecule has 15 heavy (non-hydrogen) atoms. The van der Waals surface area contributed by atoms with E-state index in [2.05, 4.69) is 18.7 Å². The van der Waals surface area contributed by atoms with Crippen molar-refractivity contribution in [3.63, 3.8) is 0 Å². The molecule has 4 heteroatoms. The van der Waals surface area contributed by atoms with Crippen LogP contribution in [0.2, 0.25) is 0 Å². The number of piperidine rings is 1. The highest BCUT2D eigenvalue weighted by Gasteiger charge is 2.23. The van der Waals surface area contributed by atoms with E-state index in [1.165, 1.54) is 12.8 Å². The fourth-order valence-electron chi connectivity index (χ4n) is 2.09. The Balaban J connectivity index is 2.43. The smallest absolute Gasteiger partial charge is 0.151 e. The lowest BCUT2D eigenvalue weighted by Crippen LogP contribution is -2.43. The summed E-state index contributed by atoms with van der Waals surface area (Å²) in [6.45, 7) is 7.93. The van der Waals surface area contributed by atoms with Gasteiger partial charge < -0.3 is 0 Å². The molecule has 0 radical (unpaired) electrons. The third-order valence-corrected chi connectivity index (χ3v) is 5.06. The van der Waals surface area contributed by atoms with E-state index < -0.39 is 9.84 Å². The molecule has 0 aromatic heterocycles. The van der Waals surface area contributed by atoms with Crippen LogP contribution in [0.3, 0.4) is 0 Å². The summed E-state index contributed by atoms with van der Waals surface area (Å²) in [7, 11) is -2.80. The molecule has 0 amide bonds. The van der Waals surface area contributed by atoms with Crippen molar-refractivity contribution in [1.29, 1.82) is 0 Å². The Bertz CT molecular complexity index is 287. The molecule has 0 aliphatic carbocycles. The van der Waals surface area contributed by atoms with Gasteiger partial charge in [-0.15, -0.1) is 0 Å². The van der Waals surface area contributed by atoms with E-state index in [9.17, 15) is 8.42 Å². The molecule has 1 rings (SSSR count). The molecule has 0 bridgehead atoms.